The van der Waals surface area contributed by atoms with Crippen molar-refractivity contribution in [2.75, 3.05) is 13.1 Å². The molecule has 2 bridgehead atoms. The van der Waals surface area contributed by atoms with Gasteiger partial charge in [0.25, 0.3) is 11.5 Å². The summed E-state index contributed by atoms with van der Waals surface area (Å²) < 4.78 is 1.54. The van der Waals surface area contributed by atoms with Crippen LogP contribution in [0.2, 0.25) is 0 Å². The Hall–Kier alpha value is -2.17. The van der Waals surface area contributed by atoms with Crippen molar-refractivity contribution in [2.24, 2.45) is 30.7 Å². The highest BCUT2D eigenvalue weighted by atomic mass is 16.2. The van der Waals surface area contributed by atoms with E-state index in [0.29, 0.717) is 17.4 Å². The summed E-state index contributed by atoms with van der Waals surface area (Å²) in [6.45, 7) is 1.62. The molecule has 0 spiro atoms. The Morgan fingerprint density at radius 3 is 2.50 bits per heavy atom. The Bertz CT molecular complexity index is 885. The lowest BCUT2D eigenvalue weighted by atomic mass is 9.82. The molecule has 24 heavy (non-hydrogen) atoms. The van der Waals surface area contributed by atoms with Crippen molar-refractivity contribution < 1.29 is 4.79 Å². The van der Waals surface area contributed by atoms with Crippen LogP contribution in [0.25, 0.3) is 11.0 Å². The molecule has 3 aliphatic rings. The molecule has 124 valence electrons. The van der Waals surface area contributed by atoms with Crippen molar-refractivity contribution in [1.29, 1.82) is 0 Å². The van der Waals surface area contributed by atoms with Gasteiger partial charge in [-0.15, -0.1) is 0 Å². The number of aromatic nitrogens is 2. The molecule has 4 atom stereocenters. The average Bonchev–Trinajstić information content (AvgIpc) is 3.30. The fourth-order valence-electron chi connectivity index (χ4n) is 5.42. The number of fused-ring (bicyclic) bond motifs is 6. The van der Waals surface area contributed by atoms with E-state index in [9.17, 15) is 9.59 Å². The van der Waals surface area contributed by atoms with E-state index in [2.05, 4.69) is 4.98 Å². The first kappa shape index (κ1) is 14.2. The molecule has 2 aliphatic carbocycles. The van der Waals surface area contributed by atoms with Crippen LogP contribution >= 0.6 is 0 Å². The Morgan fingerprint density at radius 1 is 1.12 bits per heavy atom. The van der Waals surface area contributed by atoms with Crippen LogP contribution in [0.1, 0.15) is 29.8 Å². The van der Waals surface area contributed by atoms with Crippen molar-refractivity contribution in [3.8, 4) is 0 Å². The predicted molar refractivity (Wildman–Crippen MR) is 90.7 cm³/mol. The molecule has 0 N–H and O–H groups in total. The van der Waals surface area contributed by atoms with Crippen LogP contribution < -0.4 is 5.56 Å². The largest absolute Gasteiger partial charge is 0.337 e. The fourth-order valence-corrected chi connectivity index (χ4v) is 5.42. The maximum absolute atomic E-state index is 13.0. The van der Waals surface area contributed by atoms with E-state index in [0.717, 1.165) is 30.4 Å². The first-order chi connectivity index (χ1) is 11.6. The fraction of sp³-hybridized carbons (Fsp3) is 0.526. The number of carbonyl (C=O) groups is 1. The molecule has 1 saturated heterocycles. The van der Waals surface area contributed by atoms with Gasteiger partial charge >= 0.3 is 0 Å². The van der Waals surface area contributed by atoms with Gasteiger partial charge in [-0.05, 0) is 55.1 Å². The van der Waals surface area contributed by atoms with E-state index >= 15 is 0 Å². The van der Waals surface area contributed by atoms with Gasteiger partial charge in [-0.3, -0.25) is 9.59 Å². The van der Waals surface area contributed by atoms with Crippen molar-refractivity contribution in [2.45, 2.75) is 19.3 Å². The third-order valence-corrected chi connectivity index (χ3v) is 6.61. The van der Waals surface area contributed by atoms with Gasteiger partial charge in [0.2, 0.25) is 0 Å². The second-order valence-corrected chi connectivity index (χ2v) is 7.68. The van der Waals surface area contributed by atoms with Crippen molar-refractivity contribution in [3.63, 3.8) is 0 Å². The van der Waals surface area contributed by atoms with E-state index in [4.69, 9.17) is 0 Å². The van der Waals surface area contributed by atoms with E-state index in [1.165, 1.54) is 23.8 Å². The van der Waals surface area contributed by atoms with Crippen LogP contribution in [0.4, 0.5) is 0 Å². The Labute approximate surface area is 140 Å². The summed E-state index contributed by atoms with van der Waals surface area (Å²) in [5.74, 6) is 2.71. The monoisotopic (exact) mass is 323 g/mol. The van der Waals surface area contributed by atoms with Crippen LogP contribution in [0.3, 0.4) is 0 Å². The van der Waals surface area contributed by atoms with Gasteiger partial charge in [-0.1, -0.05) is 12.1 Å². The van der Waals surface area contributed by atoms with Gasteiger partial charge in [0.1, 0.15) is 0 Å². The zero-order valence-electron chi connectivity index (χ0n) is 13.8. The number of hydrogen-bond donors (Lipinski definition) is 0. The molecule has 1 amide bonds. The number of rotatable bonds is 1. The van der Waals surface area contributed by atoms with Gasteiger partial charge in [-0.2, -0.15) is 0 Å². The van der Waals surface area contributed by atoms with Gasteiger partial charge in [0.15, 0.2) is 5.69 Å². The molecule has 2 aromatic rings. The zero-order chi connectivity index (χ0) is 16.4. The van der Waals surface area contributed by atoms with Crippen LogP contribution in [-0.4, -0.2) is 33.4 Å². The quantitative estimate of drug-likeness (QED) is 0.807. The second kappa shape index (κ2) is 4.91. The molecule has 0 radical (unpaired) electrons. The highest BCUT2D eigenvalue weighted by molar-refractivity contribution is 5.94. The topological polar surface area (TPSA) is 55.2 Å². The van der Waals surface area contributed by atoms with Crippen molar-refractivity contribution in [3.05, 3.63) is 40.3 Å². The van der Waals surface area contributed by atoms with Crippen molar-refractivity contribution >= 4 is 16.9 Å². The summed E-state index contributed by atoms with van der Waals surface area (Å²) >= 11 is 0. The minimum Gasteiger partial charge on any atom is -0.337 e. The molecule has 5 nitrogen and oxygen atoms in total. The summed E-state index contributed by atoms with van der Waals surface area (Å²) in [6.07, 6.45) is 4.00. The molecule has 5 rings (SSSR count). The highest BCUT2D eigenvalue weighted by Gasteiger charge is 2.52. The van der Waals surface area contributed by atoms with Crippen LogP contribution in [-0.2, 0) is 7.05 Å². The van der Waals surface area contributed by atoms with Crippen molar-refractivity contribution in [1.82, 2.24) is 14.5 Å². The van der Waals surface area contributed by atoms with Gasteiger partial charge < -0.3 is 9.47 Å². The maximum atomic E-state index is 13.0. The molecule has 5 heteroatoms. The Kier molecular flexibility index (Phi) is 2.91. The number of para-hydroxylation sites is 2. The Morgan fingerprint density at radius 2 is 1.79 bits per heavy atom. The average molecular weight is 323 g/mol. The first-order valence-corrected chi connectivity index (χ1v) is 8.88. The highest BCUT2D eigenvalue weighted by Crippen LogP contribution is 2.55. The minimum atomic E-state index is -0.293. The molecule has 1 aliphatic heterocycles. The third kappa shape index (κ3) is 1.84. The summed E-state index contributed by atoms with van der Waals surface area (Å²) in [6, 6.07) is 7.47. The minimum absolute atomic E-state index is 0.0727. The third-order valence-electron chi connectivity index (χ3n) is 6.61. The maximum Gasteiger partial charge on any atom is 0.282 e. The number of benzene rings is 1. The lowest BCUT2D eigenvalue weighted by molar-refractivity contribution is 0.0768. The number of likely N-dealkylation sites (tertiary alicyclic amines) is 1. The molecule has 2 saturated carbocycles. The summed E-state index contributed by atoms with van der Waals surface area (Å²) in [5, 5.41) is 0. The SMILES string of the molecule is Cn1c(=O)c(C(=O)N2C[C@@H]3[C@@H]4CC[C@@H](C4)[C@@H]3C2)nc2ccccc21. The second-order valence-electron chi connectivity index (χ2n) is 7.68. The van der Waals surface area contributed by atoms with Crippen LogP contribution in [0.5, 0.6) is 0 Å². The van der Waals surface area contributed by atoms with Crippen LogP contribution in [0, 0.1) is 23.7 Å². The molecule has 2 heterocycles. The van der Waals surface area contributed by atoms with E-state index in [1.807, 2.05) is 29.2 Å². The molecular formula is C19H21N3O2. The zero-order valence-corrected chi connectivity index (χ0v) is 13.8. The van der Waals surface area contributed by atoms with Gasteiger partial charge in [0, 0.05) is 20.1 Å². The summed E-state index contributed by atoms with van der Waals surface area (Å²) in [7, 11) is 1.71. The molecule has 3 fully saturated rings. The van der Waals surface area contributed by atoms with E-state index < -0.39 is 0 Å². The standard InChI is InChI=1S/C19H21N3O2/c1-21-16-5-3-2-4-15(16)20-17(18(21)23)19(24)22-9-13-11-6-7-12(8-11)14(13)10-22/h2-5,11-14H,6-10H2,1H3/t11-,12+,13-,14+. The molecule has 1 aromatic carbocycles. The lowest BCUT2D eigenvalue weighted by Gasteiger charge is -2.22. The van der Waals surface area contributed by atoms with Gasteiger partial charge in [0.05, 0.1) is 11.0 Å². The van der Waals surface area contributed by atoms with E-state index in [1.54, 1.807) is 7.05 Å². The number of nitrogens with zero attached hydrogens (tertiary/aromatic N) is 3. The first-order valence-electron chi connectivity index (χ1n) is 8.88. The summed E-state index contributed by atoms with van der Waals surface area (Å²) in [5.41, 5.74) is 1.24. The lowest BCUT2D eigenvalue weighted by Crippen LogP contribution is -2.37. The number of aryl methyl sites for hydroxylation is 1. The normalized spacial score (nSPS) is 31.0. The van der Waals surface area contributed by atoms with Gasteiger partial charge in [-0.25, -0.2) is 4.98 Å². The molecule has 1 aromatic heterocycles. The summed E-state index contributed by atoms with van der Waals surface area (Å²) in [4.78, 5) is 31.9. The van der Waals surface area contributed by atoms with E-state index in [-0.39, 0.29) is 17.2 Å². The predicted octanol–water partition coefficient (Wildman–Crippen LogP) is 2.05. The van der Waals surface area contributed by atoms with Crippen LogP contribution in [0.15, 0.2) is 29.1 Å². The Balaban J connectivity index is 1.51. The molecule has 0 unspecified atom stereocenters. The number of amides is 1. The number of carbonyl (C=O) groups excluding carboxylic acids is 1. The number of hydrogen-bond acceptors (Lipinski definition) is 3. The smallest absolute Gasteiger partial charge is 0.282 e. The molecular weight excluding hydrogens is 302 g/mol.